The molecule has 1 aromatic rings. The van der Waals surface area contributed by atoms with Crippen LogP contribution >= 0.6 is 0 Å². The highest BCUT2D eigenvalue weighted by atomic mass is 32.2. The van der Waals surface area contributed by atoms with E-state index in [-0.39, 0.29) is 12.6 Å². The van der Waals surface area contributed by atoms with Crippen LogP contribution in [0.1, 0.15) is 44.6 Å². The van der Waals surface area contributed by atoms with Crippen molar-refractivity contribution in [3.8, 4) is 0 Å². The van der Waals surface area contributed by atoms with Crippen molar-refractivity contribution in [1.29, 1.82) is 0 Å². The molecule has 5 heteroatoms. The molecule has 1 unspecified atom stereocenters. The topological polar surface area (TPSA) is 66.4 Å². The summed E-state index contributed by atoms with van der Waals surface area (Å²) in [5.74, 6) is 0.707. The summed E-state index contributed by atoms with van der Waals surface area (Å²) in [7, 11) is -3.43. The first kappa shape index (κ1) is 16.5. The van der Waals surface area contributed by atoms with Crippen LogP contribution in [0.3, 0.4) is 0 Å². The minimum absolute atomic E-state index is 0.0385. The van der Waals surface area contributed by atoms with Gasteiger partial charge in [-0.2, -0.15) is 0 Å². The molecule has 1 aliphatic rings. The van der Waals surface area contributed by atoms with Crippen molar-refractivity contribution in [3.63, 3.8) is 0 Å². The number of hydrogen-bond donors (Lipinski definition) is 2. The van der Waals surface area contributed by atoms with Gasteiger partial charge in [-0.15, -0.1) is 0 Å². The molecule has 1 aliphatic carbocycles. The van der Waals surface area contributed by atoms with Crippen molar-refractivity contribution in [1.82, 2.24) is 4.72 Å². The summed E-state index contributed by atoms with van der Waals surface area (Å²) in [5.41, 5.74) is 1.05. The fourth-order valence-corrected chi connectivity index (χ4v) is 3.79. The van der Waals surface area contributed by atoms with Crippen molar-refractivity contribution < 1.29 is 13.5 Å². The third kappa shape index (κ3) is 5.09. The Morgan fingerprint density at radius 3 is 2.48 bits per heavy atom. The number of rotatable bonds is 9. The van der Waals surface area contributed by atoms with Crippen LogP contribution in [0.4, 0.5) is 0 Å². The van der Waals surface area contributed by atoms with E-state index in [4.69, 9.17) is 5.11 Å². The lowest BCUT2D eigenvalue weighted by atomic mass is 10.1. The van der Waals surface area contributed by atoms with Crippen molar-refractivity contribution in [3.05, 3.63) is 29.8 Å². The molecule has 1 aromatic carbocycles. The second-order valence-electron chi connectivity index (χ2n) is 5.88. The van der Waals surface area contributed by atoms with Gasteiger partial charge in [-0.1, -0.05) is 31.9 Å². The zero-order chi connectivity index (χ0) is 15.3. The predicted molar refractivity (Wildman–Crippen MR) is 83.6 cm³/mol. The van der Waals surface area contributed by atoms with Crippen molar-refractivity contribution in [2.45, 2.75) is 56.4 Å². The SMILES string of the molecule is CCC(CC1CC1)NS(=O)(=O)c1ccc(CCCO)cc1. The van der Waals surface area contributed by atoms with E-state index in [1.807, 2.05) is 19.1 Å². The van der Waals surface area contributed by atoms with E-state index in [9.17, 15) is 8.42 Å². The molecular formula is C16H25NO3S. The molecule has 0 spiro atoms. The molecule has 1 fully saturated rings. The second kappa shape index (κ2) is 7.38. The molecule has 2 rings (SSSR count). The molecule has 0 aromatic heterocycles. The number of aryl methyl sites for hydroxylation is 1. The van der Waals surface area contributed by atoms with Gasteiger partial charge in [0.15, 0.2) is 0 Å². The number of hydrogen-bond acceptors (Lipinski definition) is 3. The first-order valence-electron chi connectivity index (χ1n) is 7.77. The Hall–Kier alpha value is -0.910. The number of aliphatic hydroxyl groups is 1. The van der Waals surface area contributed by atoms with Crippen LogP contribution < -0.4 is 4.72 Å². The van der Waals surface area contributed by atoms with Crippen molar-refractivity contribution >= 4 is 10.0 Å². The third-order valence-electron chi connectivity index (χ3n) is 3.99. The average molecular weight is 311 g/mol. The lowest BCUT2D eigenvalue weighted by Gasteiger charge is -2.17. The van der Waals surface area contributed by atoms with Crippen molar-refractivity contribution in [2.24, 2.45) is 5.92 Å². The van der Waals surface area contributed by atoms with E-state index in [1.165, 1.54) is 12.8 Å². The largest absolute Gasteiger partial charge is 0.396 e. The zero-order valence-electron chi connectivity index (χ0n) is 12.6. The Labute approximate surface area is 127 Å². The predicted octanol–water partition coefficient (Wildman–Crippen LogP) is 2.47. The highest BCUT2D eigenvalue weighted by Crippen LogP contribution is 2.34. The maximum atomic E-state index is 12.4. The molecule has 21 heavy (non-hydrogen) atoms. The summed E-state index contributed by atoms with van der Waals surface area (Å²) < 4.78 is 27.6. The summed E-state index contributed by atoms with van der Waals surface area (Å²) in [6.45, 7) is 2.18. The molecule has 0 radical (unpaired) electrons. The second-order valence-corrected chi connectivity index (χ2v) is 7.59. The van der Waals surface area contributed by atoms with Crippen LogP contribution in [0, 0.1) is 5.92 Å². The van der Waals surface area contributed by atoms with E-state index in [1.54, 1.807) is 12.1 Å². The van der Waals surface area contributed by atoms with Crippen LogP contribution in [0.15, 0.2) is 29.2 Å². The van der Waals surface area contributed by atoms with Gasteiger partial charge in [-0.25, -0.2) is 13.1 Å². The van der Waals surface area contributed by atoms with Gasteiger partial charge >= 0.3 is 0 Å². The van der Waals surface area contributed by atoms with Gasteiger partial charge in [0.05, 0.1) is 4.90 Å². The average Bonchev–Trinajstić information content (AvgIpc) is 3.28. The minimum Gasteiger partial charge on any atom is -0.396 e. The summed E-state index contributed by atoms with van der Waals surface area (Å²) >= 11 is 0. The van der Waals surface area contributed by atoms with Gasteiger partial charge in [0.1, 0.15) is 0 Å². The molecule has 1 atom stereocenters. The first-order valence-corrected chi connectivity index (χ1v) is 9.25. The Morgan fingerprint density at radius 1 is 1.29 bits per heavy atom. The minimum atomic E-state index is -3.43. The molecule has 0 saturated heterocycles. The van der Waals surface area contributed by atoms with E-state index >= 15 is 0 Å². The summed E-state index contributed by atoms with van der Waals surface area (Å²) in [6.07, 6.45) is 5.71. The molecule has 0 amide bonds. The quantitative estimate of drug-likeness (QED) is 0.736. The fourth-order valence-electron chi connectivity index (χ4n) is 2.46. The Balaban J connectivity index is 2.00. The zero-order valence-corrected chi connectivity index (χ0v) is 13.4. The Bertz CT molecular complexity index is 535. The smallest absolute Gasteiger partial charge is 0.240 e. The molecule has 0 heterocycles. The summed E-state index contributed by atoms with van der Waals surface area (Å²) in [5, 5.41) is 8.81. The van der Waals surface area contributed by atoms with Gasteiger partial charge < -0.3 is 5.11 Å². The lowest BCUT2D eigenvalue weighted by Crippen LogP contribution is -2.34. The van der Waals surface area contributed by atoms with Crippen LogP contribution in [-0.4, -0.2) is 26.2 Å². The van der Waals surface area contributed by atoms with Crippen LogP contribution in [0.2, 0.25) is 0 Å². The molecular weight excluding hydrogens is 286 g/mol. The van der Waals surface area contributed by atoms with Gasteiger partial charge in [0, 0.05) is 12.6 Å². The molecule has 2 N–H and O–H groups in total. The molecule has 0 aliphatic heterocycles. The van der Waals surface area contributed by atoms with Gasteiger partial charge in [0.25, 0.3) is 0 Å². The molecule has 1 saturated carbocycles. The van der Waals surface area contributed by atoms with Gasteiger partial charge in [0.2, 0.25) is 10.0 Å². The number of benzene rings is 1. The summed E-state index contributed by atoms with van der Waals surface area (Å²) in [4.78, 5) is 0.324. The number of sulfonamides is 1. The maximum absolute atomic E-state index is 12.4. The highest BCUT2D eigenvalue weighted by Gasteiger charge is 2.27. The lowest BCUT2D eigenvalue weighted by molar-refractivity contribution is 0.288. The standard InChI is InChI=1S/C16H25NO3S/c1-2-15(12-14-5-6-14)17-21(19,20)16-9-7-13(8-10-16)4-3-11-18/h7-10,14-15,17-18H,2-6,11-12H2,1H3. The maximum Gasteiger partial charge on any atom is 0.240 e. The summed E-state index contributed by atoms with van der Waals surface area (Å²) in [6, 6.07) is 6.99. The van der Waals surface area contributed by atoms with Crippen LogP contribution in [0.5, 0.6) is 0 Å². The normalized spacial score (nSPS) is 16.9. The van der Waals surface area contributed by atoms with Gasteiger partial charge in [-0.05, 0) is 49.3 Å². The first-order chi connectivity index (χ1) is 10.0. The third-order valence-corrected chi connectivity index (χ3v) is 5.52. The van der Waals surface area contributed by atoms with Crippen LogP contribution in [-0.2, 0) is 16.4 Å². The number of nitrogens with one attached hydrogen (secondary N) is 1. The van der Waals surface area contributed by atoms with Gasteiger partial charge in [-0.3, -0.25) is 0 Å². The molecule has 0 bridgehead atoms. The van der Waals surface area contributed by atoms with E-state index in [0.717, 1.165) is 24.8 Å². The van der Waals surface area contributed by atoms with E-state index in [0.29, 0.717) is 17.2 Å². The monoisotopic (exact) mass is 311 g/mol. The van der Waals surface area contributed by atoms with E-state index in [2.05, 4.69) is 4.72 Å². The van der Waals surface area contributed by atoms with E-state index < -0.39 is 10.0 Å². The number of aliphatic hydroxyl groups excluding tert-OH is 1. The fraction of sp³-hybridized carbons (Fsp3) is 0.625. The van der Waals surface area contributed by atoms with Crippen molar-refractivity contribution in [2.75, 3.05) is 6.61 Å². The molecule has 118 valence electrons. The highest BCUT2D eigenvalue weighted by molar-refractivity contribution is 7.89. The Morgan fingerprint density at radius 2 is 1.95 bits per heavy atom. The Kier molecular flexibility index (Phi) is 5.79. The molecule has 4 nitrogen and oxygen atoms in total. The van der Waals surface area contributed by atoms with Crippen LogP contribution in [0.25, 0.3) is 0 Å².